The first-order chi connectivity index (χ1) is 19.3. The molecule has 4 rings (SSSR count). The number of halogens is 3. The van der Waals surface area contributed by atoms with Gasteiger partial charge in [0, 0.05) is 30.1 Å². The minimum absolute atomic E-state index is 0.0718. The fourth-order valence-corrected chi connectivity index (χ4v) is 5.41. The van der Waals surface area contributed by atoms with Crippen molar-refractivity contribution in [2.45, 2.75) is 56.5 Å². The predicted molar refractivity (Wildman–Crippen MR) is 146 cm³/mol. The molecule has 2 heterocycles. The first-order valence-electron chi connectivity index (χ1n) is 13.3. The van der Waals surface area contributed by atoms with Crippen LogP contribution in [0.25, 0.3) is 0 Å². The van der Waals surface area contributed by atoms with Crippen LogP contribution in [0.4, 0.5) is 24.8 Å². The van der Waals surface area contributed by atoms with E-state index in [9.17, 15) is 26.4 Å². The maximum Gasteiger partial charge on any atom is 0.423 e. The van der Waals surface area contributed by atoms with Crippen molar-refractivity contribution < 1.29 is 35.9 Å². The summed E-state index contributed by atoms with van der Waals surface area (Å²) in [4.78, 5) is 22.8. The van der Waals surface area contributed by atoms with E-state index in [0.29, 0.717) is 36.7 Å². The highest BCUT2D eigenvalue weighted by Crippen LogP contribution is 2.37. The molecule has 2 aliphatic rings. The van der Waals surface area contributed by atoms with Crippen molar-refractivity contribution in [2.75, 3.05) is 44.7 Å². The lowest BCUT2D eigenvalue weighted by atomic mass is 10.0. The minimum atomic E-state index is -4.78. The van der Waals surface area contributed by atoms with Gasteiger partial charge in [-0.3, -0.25) is 10.1 Å². The van der Waals surface area contributed by atoms with E-state index in [-0.39, 0.29) is 29.5 Å². The molecule has 1 saturated carbocycles. The van der Waals surface area contributed by atoms with Gasteiger partial charge in [0.05, 0.1) is 18.7 Å². The fraction of sp³-hybridized carbons (Fsp3) is 0.577. The van der Waals surface area contributed by atoms with E-state index in [1.54, 1.807) is 12.1 Å². The molecule has 0 bridgehead atoms. The number of anilines is 2. The Morgan fingerprint density at radius 1 is 1.17 bits per heavy atom. The predicted octanol–water partition coefficient (Wildman–Crippen LogP) is 2.96. The average molecular weight is 601 g/mol. The number of hydrogen-bond donors (Lipinski definition) is 3. The van der Waals surface area contributed by atoms with Gasteiger partial charge in [-0.15, -0.1) is 0 Å². The quantitative estimate of drug-likeness (QED) is 0.374. The molecule has 1 saturated heterocycles. The molecule has 1 amide bonds. The zero-order valence-electron chi connectivity index (χ0n) is 23.1. The fourth-order valence-electron chi connectivity index (χ4n) is 4.89. The summed E-state index contributed by atoms with van der Waals surface area (Å²) in [5, 5.41) is 8.74. The van der Waals surface area contributed by atoms with Crippen molar-refractivity contribution in [1.29, 1.82) is 0 Å². The first-order valence-corrected chi connectivity index (χ1v) is 15.3. The number of carbonyl (C=O) groups excluding carboxylic acids is 1. The summed E-state index contributed by atoms with van der Waals surface area (Å²) >= 11 is 0. The Labute approximate surface area is 237 Å². The van der Waals surface area contributed by atoms with E-state index >= 15 is 0 Å². The molecule has 226 valence electrons. The van der Waals surface area contributed by atoms with Gasteiger partial charge < -0.3 is 25.0 Å². The lowest BCUT2D eigenvalue weighted by Gasteiger charge is -2.29. The van der Waals surface area contributed by atoms with Crippen LogP contribution in [0.15, 0.2) is 24.4 Å². The van der Waals surface area contributed by atoms with E-state index < -0.39 is 39.6 Å². The summed E-state index contributed by atoms with van der Waals surface area (Å²) in [5.74, 6) is -1.13. The number of amides is 1. The molecule has 1 aromatic heterocycles. The Balaban J connectivity index is 1.51. The highest BCUT2D eigenvalue weighted by Gasteiger charge is 2.39. The highest BCUT2D eigenvalue weighted by atomic mass is 32.2. The van der Waals surface area contributed by atoms with Gasteiger partial charge in [0.25, 0.3) is 5.91 Å². The van der Waals surface area contributed by atoms with Crippen LogP contribution in [-0.2, 0) is 16.0 Å². The molecule has 41 heavy (non-hydrogen) atoms. The summed E-state index contributed by atoms with van der Waals surface area (Å²) in [7, 11) is 0.118. The van der Waals surface area contributed by atoms with E-state index in [1.165, 1.54) is 13.2 Å². The maximum atomic E-state index is 13.8. The van der Waals surface area contributed by atoms with Gasteiger partial charge >= 0.3 is 6.18 Å². The van der Waals surface area contributed by atoms with Crippen molar-refractivity contribution in [1.82, 2.24) is 25.5 Å². The summed E-state index contributed by atoms with van der Waals surface area (Å²) in [6.07, 6.45) is -0.452. The minimum Gasteiger partial charge on any atom is -0.495 e. The number of ether oxygens (including phenoxy) is 2. The van der Waals surface area contributed by atoms with Crippen molar-refractivity contribution >= 4 is 27.4 Å². The van der Waals surface area contributed by atoms with Crippen LogP contribution in [0.3, 0.4) is 0 Å². The highest BCUT2D eigenvalue weighted by molar-refractivity contribution is 7.90. The Morgan fingerprint density at radius 3 is 2.56 bits per heavy atom. The van der Waals surface area contributed by atoms with Crippen LogP contribution >= 0.6 is 0 Å². The Hall–Kier alpha value is -3.17. The second kappa shape index (κ2) is 12.8. The number of likely N-dealkylation sites (tertiary alicyclic amines) is 1. The van der Waals surface area contributed by atoms with Gasteiger partial charge in [-0.25, -0.2) is 13.4 Å². The zero-order chi connectivity index (χ0) is 29.8. The third-order valence-corrected chi connectivity index (χ3v) is 7.84. The zero-order valence-corrected chi connectivity index (χ0v) is 23.9. The first kappa shape index (κ1) is 30.8. The van der Waals surface area contributed by atoms with Crippen LogP contribution in [0, 0.1) is 0 Å². The lowest BCUT2D eigenvalue weighted by molar-refractivity contribution is -0.140. The van der Waals surface area contributed by atoms with Gasteiger partial charge in [0.2, 0.25) is 11.8 Å². The molecule has 2 aromatic rings. The number of hydrogen-bond acceptors (Lipinski definition) is 10. The maximum absolute atomic E-state index is 13.8. The van der Waals surface area contributed by atoms with Crippen molar-refractivity contribution in [2.24, 2.45) is 0 Å². The average Bonchev–Trinajstić information content (AvgIpc) is 3.35. The molecule has 0 unspecified atom stereocenters. The summed E-state index contributed by atoms with van der Waals surface area (Å²) in [6.45, 7) is 1.79. The number of carbonyl (C=O) groups is 1. The third-order valence-electron chi connectivity index (χ3n) is 7.15. The topological polar surface area (TPSA) is 135 Å². The molecule has 1 aliphatic carbocycles. The van der Waals surface area contributed by atoms with Gasteiger partial charge in [-0.2, -0.15) is 18.2 Å². The number of aromatic nitrogens is 2. The van der Waals surface area contributed by atoms with Crippen LogP contribution in [0.2, 0.25) is 0 Å². The summed E-state index contributed by atoms with van der Waals surface area (Å²) in [5.41, 5.74) is -0.440. The molecule has 0 spiro atoms. The number of nitrogens with zero attached hydrogens (tertiary/aromatic N) is 3. The second-order valence-electron chi connectivity index (χ2n) is 10.5. The number of alkyl halides is 3. The number of rotatable bonds is 10. The third kappa shape index (κ3) is 8.42. The molecule has 1 aromatic carbocycles. The summed E-state index contributed by atoms with van der Waals surface area (Å²) < 4.78 is 75.6. The Bertz CT molecular complexity index is 1340. The Morgan fingerprint density at radius 2 is 1.90 bits per heavy atom. The van der Waals surface area contributed by atoms with E-state index in [4.69, 9.17) is 9.47 Å². The Kier molecular flexibility index (Phi) is 9.59. The molecule has 2 atom stereocenters. The molecular weight excluding hydrogens is 565 g/mol. The molecule has 0 radical (unpaired) electrons. The smallest absolute Gasteiger partial charge is 0.423 e. The largest absolute Gasteiger partial charge is 0.495 e. The second-order valence-corrected chi connectivity index (χ2v) is 12.6. The SMILES string of the molecule is COc1cc(C(=O)NC2CCN(C)CC2)ccc1Nc1ncc(C(F)(F)F)c(O[C@@H]2CCC[C@H]2NCS(C)(=O)=O)n1. The standard InChI is InChI=1S/C26H35F3N6O5S/c1-35-11-9-17(10-12-35)32-23(36)16-7-8-20(22(13-16)39-2)33-25-30-14-18(26(27,28)29)24(34-25)40-21-6-4-5-19(21)31-15-41(3,37)38/h7-8,13-14,17,19,21,31H,4-6,9-12,15H2,1-3H3,(H,32,36)(H,30,33,34)/t19-,21-/m1/s1. The van der Waals surface area contributed by atoms with Crippen molar-refractivity contribution in [3.8, 4) is 11.6 Å². The number of sulfone groups is 1. The van der Waals surface area contributed by atoms with Gasteiger partial charge in [0.1, 0.15) is 17.4 Å². The van der Waals surface area contributed by atoms with E-state index in [0.717, 1.165) is 32.2 Å². The molecule has 11 nitrogen and oxygen atoms in total. The molecule has 2 fully saturated rings. The monoisotopic (exact) mass is 600 g/mol. The van der Waals surface area contributed by atoms with Crippen molar-refractivity contribution in [3.63, 3.8) is 0 Å². The van der Waals surface area contributed by atoms with Gasteiger partial charge in [-0.1, -0.05) is 0 Å². The van der Waals surface area contributed by atoms with Gasteiger partial charge in [-0.05, 0) is 70.4 Å². The van der Waals surface area contributed by atoms with E-state index in [1.807, 2.05) is 7.05 Å². The number of methoxy groups -OCH3 is 1. The molecule has 15 heteroatoms. The number of nitrogens with one attached hydrogen (secondary N) is 3. The van der Waals surface area contributed by atoms with Crippen LogP contribution in [-0.4, -0.2) is 86.8 Å². The van der Waals surface area contributed by atoms with Crippen LogP contribution < -0.4 is 25.4 Å². The summed E-state index contributed by atoms with van der Waals surface area (Å²) in [6, 6.07) is 4.29. The number of piperidine rings is 1. The van der Waals surface area contributed by atoms with Crippen LogP contribution in [0.1, 0.15) is 48.0 Å². The lowest BCUT2D eigenvalue weighted by Crippen LogP contribution is -2.43. The molecular formula is C26H35F3N6O5S. The van der Waals surface area contributed by atoms with Gasteiger partial charge in [0.15, 0.2) is 9.84 Å². The van der Waals surface area contributed by atoms with Crippen molar-refractivity contribution in [3.05, 3.63) is 35.5 Å². The van der Waals surface area contributed by atoms with E-state index in [2.05, 4.69) is 30.8 Å². The normalized spacial score (nSPS) is 20.5. The van der Waals surface area contributed by atoms with Crippen LogP contribution in [0.5, 0.6) is 11.6 Å². The molecule has 1 aliphatic heterocycles. The molecule has 3 N–H and O–H groups in total. The number of benzene rings is 1.